The van der Waals surface area contributed by atoms with Crippen molar-refractivity contribution in [2.24, 2.45) is 0 Å². The Hall–Kier alpha value is -3.15. The molecule has 1 atom stereocenters. The van der Waals surface area contributed by atoms with Crippen molar-refractivity contribution in [2.75, 3.05) is 6.54 Å². The molecule has 2 N–H and O–H groups in total. The van der Waals surface area contributed by atoms with E-state index in [0.29, 0.717) is 12.1 Å². The van der Waals surface area contributed by atoms with E-state index in [-0.39, 0.29) is 12.5 Å². The molecule has 6 heteroatoms. The normalized spacial score (nSPS) is 11.4. The lowest BCUT2D eigenvalue weighted by molar-refractivity contribution is -0.153. The van der Waals surface area contributed by atoms with Crippen LogP contribution in [0.2, 0.25) is 0 Å². The molecule has 0 aliphatic carbocycles. The molecule has 2 amide bonds. The van der Waals surface area contributed by atoms with Gasteiger partial charge in [-0.1, -0.05) is 36.4 Å². The summed E-state index contributed by atoms with van der Waals surface area (Å²) in [5, 5.41) is 5.21. The van der Waals surface area contributed by atoms with Gasteiger partial charge in [-0.2, -0.15) is 0 Å². The number of aryl methyl sites for hydroxylation is 2. The zero-order chi connectivity index (χ0) is 19.8. The van der Waals surface area contributed by atoms with Crippen LogP contribution in [0.25, 0.3) is 0 Å². The predicted molar refractivity (Wildman–Crippen MR) is 102 cm³/mol. The van der Waals surface area contributed by atoms with Crippen molar-refractivity contribution >= 4 is 17.8 Å². The zero-order valence-corrected chi connectivity index (χ0v) is 15.7. The number of esters is 1. The van der Waals surface area contributed by atoms with E-state index in [1.165, 1.54) is 6.92 Å². The first-order chi connectivity index (χ1) is 12.9. The summed E-state index contributed by atoms with van der Waals surface area (Å²) < 4.78 is 5.06. The van der Waals surface area contributed by atoms with Crippen LogP contribution >= 0.6 is 0 Å². The van der Waals surface area contributed by atoms with Crippen molar-refractivity contribution < 1.29 is 19.1 Å². The molecule has 0 saturated heterocycles. The Kier molecular flexibility index (Phi) is 7.11. The van der Waals surface area contributed by atoms with E-state index in [9.17, 15) is 14.4 Å². The molecule has 0 aromatic heterocycles. The van der Waals surface area contributed by atoms with E-state index in [0.717, 1.165) is 16.7 Å². The molecule has 0 bridgehead atoms. The Bertz CT molecular complexity index is 818. The Morgan fingerprint density at radius 2 is 1.67 bits per heavy atom. The largest absolute Gasteiger partial charge is 0.451 e. The molecule has 0 spiro atoms. The first kappa shape index (κ1) is 20.2. The predicted octanol–water partition coefficient (Wildman–Crippen LogP) is 2.28. The molecule has 2 aromatic carbocycles. The minimum atomic E-state index is -0.945. The summed E-state index contributed by atoms with van der Waals surface area (Å²) in [7, 11) is 0. The Balaban J connectivity index is 1.76. The van der Waals surface area contributed by atoms with Crippen molar-refractivity contribution in [3.05, 3.63) is 70.8 Å². The van der Waals surface area contributed by atoms with E-state index in [2.05, 4.69) is 10.6 Å². The number of carbonyl (C=O) groups is 3. The number of amides is 2. The van der Waals surface area contributed by atoms with Crippen LogP contribution < -0.4 is 10.6 Å². The fourth-order valence-corrected chi connectivity index (χ4v) is 2.36. The van der Waals surface area contributed by atoms with Gasteiger partial charge < -0.3 is 15.4 Å². The van der Waals surface area contributed by atoms with E-state index in [1.54, 1.807) is 12.1 Å². The lowest BCUT2D eigenvalue weighted by Crippen LogP contribution is -2.38. The second-order valence-electron chi connectivity index (χ2n) is 6.32. The second-order valence-corrected chi connectivity index (χ2v) is 6.32. The van der Waals surface area contributed by atoms with Crippen molar-refractivity contribution in [1.82, 2.24) is 10.6 Å². The highest BCUT2D eigenvalue weighted by Crippen LogP contribution is 2.09. The summed E-state index contributed by atoms with van der Waals surface area (Å²) in [6.45, 7) is 5.41. The maximum atomic E-state index is 12.1. The molecule has 0 saturated carbocycles. The van der Waals surface area contributed by atoms with Crippen LogP contribution in [0.1, 0.15) is 34.0 Å². The lowest BCUT2D eigenvalue weighted by Gasteiger charge is -2.14. The third-order valence-corrected chi connectivity index (χ3v) is 4.15. The van der Waals surface area contributed by atoms with Gasteiger partial charge in [-0.15, -0.1) is 0 Å². The Labute approximate surface area is 158 Å². The van der Waals surface area contributed by atoms with Gasteiger partial charge in [-0.3, -0.25) is 14.4 Å². The molecule has 0 aliphatic rings. The van der Waals surface area contributed by atoms with Crippen molar-refractivity contribution in [2.45, 2.75) is 33.4 Å². The van der Waals surface area contributed by atoms with Crippen molar-refractivity contribution in [3.63, 3.8) is 0 Å². The maximum absolute atomic E-state index is 12.1. The van der Waals surface area contributed by atoms with Gasteiger partial charge in [0.2, 0.25) is 0 Å². The third kappa shape index (κ3) is 6.26. The minimum absolute atomic E-state index is 0.304. The van der Waals surface area contributed by atoms with Gasteiger partial charge in [0, 0.05) is 12.1 Å². The van der Waals surface area contributed by atoms with Crippen LogP contribution in [0.15, 0.2) is 48.5 Å². The third-order valence-electron chi connectivity index (χ3n) is 4.15. The number of hydrogen-bond donors (Lipinski definition) is 2. The quantitative estimate of drug-likeness (QED) is 0.735. The molecule has 0 radical (unpaired) electrons. The average Bonchev–Trinajstić information content (AvgIpc) is 2.67. The average molecular weight is 368 g/mol. The number of ether oxygens (including phenoxy) is 1. The smallest absolute Gasteiger partial charge is 0.326 e. The first-order valence-corrected chi connectivity index (χ1v) is 8.73. The molecule has 0 aliphatic heterocycles. The van der Waals surface area contributed by atoms with Crippen molar-refractivity contribution in [1.29, 1.82) is 0 Å². The van der Waals surface area contributed by atoms with Gasteiger partial charge in [0.05, 0.1) is 0 Å². The molecular weight excluding hydrogens is 344 g/mol. The Morgan fingerprint density at radius 1 is 0.963 bits per heavy atom. The van der Waals surface area contributed by atoms with Gasteiger partial charge in [0.1, 0.15) is 6.54 Å². The van der Waals surface area contributed by atoms with E-state index in [4.69, 9.17) is 4.74 Å². The number of hydrogen-bond acceptors (Lipinski definition) is 4. The summed E-state index contributed by atoms with van der Waals surface area (Å²) >= 11 is 0. The van der Waals surface area contributed by atoms with Gasteiger partial charge >= 0.3 is 5.97 Å². The highest BCUT2D eigenvalue weighted by molar-refractivity contribution is 5.96. The van der Waals surface area contributed by atoms with E-state index < -0.39 is 18.0 Å². The molecule has 0 heterocycles. The number of benzene rings is 2. The first-order valence-electron chi connectivity index (χ1n) is 8.73. The fraction of sp³-hybridized carbons (Fsp3) is 0.286. The molecule has 0 unspecified atom stereocenters. The van der Waals surface area contributed by atoms with Gasteiger partial charge in [-0.05, 0) is 49.6 Å². The van der Waals surface area contributed by atoms with Gasteiger partial charge in [-0.25, -0.2) is 0 Å². The van der Waals surface area contributed by atoms with Gasteiger partial charge in [0.25, 0.3) is 11.8 Å². The van der Waals surface area contributed by atoms with Crippen LogP contribution in [-0.2, 0) is 20.9 Å². The summed E-state index contributed by atoms with van der Waals surface area (Å²) in [4.78, 5) is 36.0. The standard InChI is InChI=1S/C21H24N2O4/c1-14-9-10-18(11-15(14)2)21(26)23-13-19(24)27-16(3)20(25)22-12-17-7-5-4-6-8-17/h4-11,16H,12-13H2,1-3H3,(H,22,25)(H,23,26)/t16-/m0/s1. The lowest BCUT2D eigenvalue weighted by atomic mass is 10.1. The molecule has 142 valence electrons. The molecule has 27 heavy (non-hydrogen) atoms. The molecule has 2 aromatic rings. The summed E-state index contributed by atoms with van der Waals surface area (Å²) in [6, 6.07) is 14.7. The number of rotatable bonds is 7. The fourth-order valence-electron chi connectivity index (χ4n) is 2.36. The van der Waals surface area contributed by atoms with Crippen LogP contribution in [0.3, 0.4) is 0 Å². The monoisotopic (exact) mass is 368 g/mol. The number of carbonyl (C=O) groups excluding carboxylic acids is 3. The summed E-state index contributed by atoms with van der Waals surface area (Å²) in [5.41, 5.74) is 3.50. The zero-order valence-electron chi connectivity index (χ0n) is 15.7. The molecular formula is C21H24N2O4. The topological polar surface area (TPSA) is 84.5 Å². The second kappa shape index (κ2) is 9.52. The molecule has 2 rings (SSSR count). The van der Waals surface area contributed by atoms with E-state index in [1.807, 2.05) is 50.2 Å². The van der Waals surface area contributed by atoms with Crippen LogP contribution in [0, 0.1) is 13.8 Å². The van der Waals surface area contributed by atoms with E-state index >= 15 is 0 Å². The van der Waals surface area contributed by atoms with Crippen LogP contribution in [-0.4, -0.2) is 30.4 Å². The van der Waals surface area contributed by atoms with Crippen molar-refractivity contribution in [3.8, 4) is 0 Å². The number of nitrogens with one attached hydrogen (secondary N) is 2. The minimum Gasteiger partial charge on any atom is -0.451 e. The summed E-state index contributed by atoms with van der Waals surface area (Å²) in [6.07, 6.45) is -0.945. The highest BCUT2D eigenvalue weighted by atomic mass is 16.5. The SMILES string of the molecule is Cc1ccc(C(=O)NCC(=O)O[C@@H](C)C(=O)NCc2ccccc2)cc1C. The Morgan fingerprint density at radius 3 is 2.33 bits per heavy atom. The highest BCUT2D eigenvalue weighted by Gasteiger charge is 2.18. The molecule has 6 nitrogen and oxygen atoms in total. The summed E-state index contributed by atoms with van der Waals surface area (Å²) in [5.74, 6) is -1.43. The maximum Gasteiger partial charge on any atom is 0.326 e. The molecule has 0 fully saturated rings. The van der Waals surface area contributed by atoms with Crippen LogP contribution in [0.4, 0.5) is 0 Å². The van der Waals surface area contributed by atoms with Crippen LogP contribution in [0.5, 0.6) is 0 Å². The van der Waals surface area contributed by atoms with Gasteiger partial charge in [0.15, 0.2) is 6.10 Å².